The zero-order valence-electron chi connectivity index (χ0n) is 18.7. The molecule has 1 aliphatic heterocycles. The molecular formula is C22H31N7O2S. The molecule has 9 nitrogen and oxygen atoms in total. The quantitative estimate of drug-likeness (QED) is 0.220. The molecule has 0 radical (unpaired) electrons. The number of nitrogens with one attached hydrogen (secondary N) is 2. The second kappa shape index (κ2) is 13.0. The first-order valence-corrected chi connectivity index (χ1v) is 12.2. The molecule has 0 aliphatic carbocycles. The average molecular weight is 458 g/mol. The monoisotopic (exact) mass is 457 g/mol. The number of hydrogen-bond donors (Lipinski definition) is 2. The van der Waals surface area contributed by atoms with Gasteiger partial charge in [0.15, 0.2) is 22.5 Å². The van der Waals surface area contributed by atoms with Gasteiger partial charge >= 0.3 is 5.97 Å². The Morgan fingerprint density at radius 2 is 1.81 bits per heavy atom. The molecule has 32 heavy (non-hydrogen) atoms. The Morgan fingerprint density at radius 3 is 2.50 bits per heavy atom. The van der Waals surface area contributed by atoms with Crippen LogP contribution in [0.25, 0.3) is 0 Å². The van der Waals surface area contributed by atoms with Gasteiger partial charge in [-0.3, -0.25) is 4.79 Å². The van der Waals surface area contributed by atoms with Gasteiger partial charge in [-0.25, -0.2) is 9.97 Å². The highest BCUT2D eigenvalue weighted by Crippen LogP contribution is 2.34. The Bertz CT molecular complexity index is 889. The van der Waals surface area contributed by atoms with Crippen molar-refractivity contribution in [2.24, 2.45) is 10.2 Å². The molecular weight excluding hydrogens is 426 g/mol. The van der Waals surface area contributed by atoms with Crippen LogP contribution < -0.4 is 10.6 Å². The fourth-order valence-electron chi connectivity index (χ4n) is 3.35. The fourth-order valence-corrected chi connectivity index (χ4v) is 3.72. The van der Waals surface area contributed by atoms with Crippen LogP contribution >= 0.6 is 11.8 Å². The first kappa shape index (κ1) is 23.9. The lowest BCUT2D eigenvalue weighted by Gasteiger charge is -2.26. The number of anilines is 2. The number of aromatic nitrogens is 2. The summed E-state index contributed by atoms with van der Waals surface area (Å²) in [7, 11) is 0. The van der Waals surface area contributed by atoms with Gasteiger partial charge in [0, 0.05) is 13.1 Å². The third-order valence-electron chi connectivity index (χ3n) is 4.94. The number of nitrogens with zero attached hydrogens (tertiary/aromatic N) is 5. The number of rotatable bonds is 11. The molecule has 0 unspecified atom stereocenters. The van der Waals surface area contributed by atoms with Crippen LogP contribution in [-0.4, -0.2) is 66.4 Å². The van der Waals surface area contributed by atoms with Gasteiger partial charge < -0.3 is 20.3 Å². The van der Waals surface area contributed by atoms with Gasteiger partial charge in [0.2, 0.25) is 0 Å². The van der Waals surface area contributed by atoms with E-state index in [0.29, 0.717) is 29.1 Å². The number of carbonyl (C=O) groups excluding carboxylic acids is 1. The second-order valence-corrected chi connectivity index (χ2v) is 8.05. The zero-order chi connectivity index (χ0) is 22.6. The third-order valence-corrected chi connectivity index (χ3v) is 5.49. The van der Waals surface area contributed by atoms with Gasteiger partial charge in [-0.1, -0.05) is 36.4 Å². The number of thioether (sulfide) groups is 1. The normalized spacial score (nSPS) is 14.4. The Balaban J connectivity index is 1.82. The zero-order valence-corrected chi connectivity index (χ0v) is 19.5. The molecule has 10 heteroatoms. The molecule has 172 valence electrons. The van der Waals surface area contributed by atoms with Crippen LogP contribution in [0.2, 0.25) is 0 Å². The number of azo groups is 1. The summed E-state index contributed by atoms with van der Waals surface area (Å²) in [5.41, 5.74) is 1.19. The van der Waals surface area contributed by atoms with Crippen molar-refractivity contribution in [1.29, 1.82) is 0 Å². The van der Waals surface area contributed by atoms with Gasteiger partial charge in [-0.15, -0.1) is 5.11 Å². The summed E-state index contributed by atoms with van der Waals surface area (Å²) in [6, 6.07) is 9.47. The molecule has 1 aromatic heterocycles. The summed E-state index contributed by atoms with van der Waals surface area (Å²) in [4.78, 5) is 23.5. The van der Waals surface area contributed by atoms with E-state index in [9.17, 15) is 4.79 Å². The number of carbonyl (C=O) groups is 1. The third kappa shape index (κ3) is 7.45. The Labute approximate surface area is 193 Å². The minimum atomic E-state index is -0.359. The van der Waals surface area contributed by atoms with Crippen LogP contribution in [-0.2, 0) is 9.53 Å². The molecule has 0 amide bonds. The van der Waals surface area contributed by atoms with Crippen molar-refractivity contribution in [3.05, 3.63) is 30.3 Å². The highest BCUT2D eigenvalue weighted by molar-refractivity contribution is 7.98. The molecule has 2 N–H and O–H groups in total. The summed E-state index contributed by atoms with van der Waals surface area (Å²) >= 11 is 1.43. The van der Waals surface area contributed by atoms with Crippen molar-refractivity contribution in [3.63, 3.8) is 0 Å². The molecule has 2 heterocycles. The number of likely N-dealkylation sites (tertiary alicyclic amines) is 1. The number of piperidine rings is 1. The van der Waals surface area contributed by atoms with Crippen LogP contribution in [0, 0.1) is 0 Å². The van der Waals surface area contributed by atoms with Gasteiger partial charge in [0.1, 0.15) is 6.54 Å². The number of ether oxygens (including phenoxy) is 1. The maximum Gasteiger partial charge on any atom is 0.325 e. The van der Waals surface area contributed by atoms with E-state index in [2.05, 4.69) is 35.7 Å². The van der Waals surface area contributed by atoms with Gasteiger partial charge in [-0.05, 0) is 51.2 Å². The molecule has 0 saturated carbocycles. The lowest BCUT2D eigenvalue weighted by Crippen LogP contribution is -2.33. The molecule has 1 fully saturated rings. The van der Waals surface area contributed by atoms with Gasteiger partial charge in [0.05, 0.1) is 12.3 Å². The number of benzene rings is 1. The average Bonchev–Trinajstić information content (AvgIpc) is 2.83. The summed E-state index contributed by atoms with van der Waals surface area (Å²) in [6.45, 7) is 6.01. The Hall–Kier alpha value is -2.72. The molecule has 3 rings (SSSR count). The molecule has 1 aromatic carbocycles. The molecule has 0 bridgehead atoms. The van der Waals surface area contributed by atoms with Crippen molar-refractivity contribution >= 4 is 40.7 Å². The van der Waals surface area contributed by atoms with Crippen LogP contribution in [0.1, 0.15) is 26.2 Å². The van der Waals surface area contributed by atoms with Crippen molar-refractivity contribution < 1.29 is 9.53 Å². The number of hydrogen-bond acceptors (Lipinski definition) is 10. The predicted molar refractivity (Wildman–Crippen MR) is 128 cm³/mol. The fraction of sp³-hybridized carbons (Fsp3) is 0.500. The number of esters is 1. The highest BCUT2D eigenvalue weighted by atomic mass is 32.2. The molecule has 2 aromatic rings. The standard InChI is InChI=1S/C22H31N7O2S/c1-3-31-18(30)16-24-21-19(28-27-17-10-6-4-7-11-17)20(25-22(26-21)32-2)23-12-15-29-13-8-5-9-14-29/h4,6-7,10-11H,3,5,8-9,12-16H2,1-2H3,(H2,23,24,25,26). The minimum Gasteiger partial charge on any atom is -0.465 e. The maximum atomic E-state index is 11.9. The highest BCUT2D eigenvalue weighted by Gasteiger charge is 2.17. The van der Waals surface area contributed by atoms with Crippen LogP contribution in [0.4, 0.5) is 23.0 Å². The largest absolute Gasteiger partial charge is 0.465 e. The van der Waals surface area contributed by atoms with Crippen molar-refractivity contribution in [3.8, 4) is 0 Å². The van der Waals surface area contributed by atoms with E-state index < -0.39 is 0 Å². The van der Waals surface area contributed by atoms with E-state index in [1.165, 1.54) is 31.0 Å². The van der Waals surface area contributed by atoms with Crippen LogP contribution in [0.5, 0.6) is 0 Å². The summed E-state index contributed by atoms with van der Waals surface area (Å²) < 4.78 is 5.03. The topological polar surface area (TPSA) is 104 Å². The first-order valence-electron chi connectivity index (χ1n) is 11.0. The smallest absolute Gasteiger partial charge is 0.325 e. The predicted octanol–water partition coefficient (Wildman–Crippen LogP) is 4.49. The van der Waals surface area contributed by atoms with E-state index in [0.717, 1.165) is 31.9 Å². The minimum absolute atomic E-state index is 0.0141. The Kier molecular flexibility index (Phi) is 9.70. The van der Waals surface area contributed by atoms with Crippen molar-refractivity contribution in [2.45, 2.75) is 31.3 Å². The SMILES string of the molecule is CCOC(=O)CNc1nc(SC)nc(NCCN2CCCCC2)c1N=Nc1ccccc1. The van der Waals surface area contributed by atoms with Gasteiger partial charge in [0.25, 0.3) is 0 Å². The van der Waals surface area contributed by atoms with E-state index in [1.807, 2.05) is 36.6 Å². The maximum absolute atomic E-state index is 11.9. The van der Waals surface area contributed by atoms with E-state index in [-0.39, 0.29) is 12.5 Å². The Morgan fingerprint density at radius 1 is 1.09 bits per heavy atom. The van der Waals surface area contributed by atoms with E-state index in [1.54, 1.807) is 6.92 Å². The summed E-state index contributed by atoms with van der Waals surface area (Å²) in [6.07, 6.45) is 5.73. The lowest BCUT2D eigenvalue weighted by atomic mass is 10.1. The van der Waals surface area contributed by atoms with Crippen LogP contribution in [0.15, 0.2) is 45.7 Å². The lowest BCUT2D eigenvalue weighted by molar-refractivity contribution is -0.140. The molecule has 0 spiro atoms. The van der Waals surface area contributed by atoms with Crippen molar-refractivity contribution in [1.82, 2.24) is 14.9 Å². The second-order valence-electron chi connectivity index (χ2n) is 7.28. The van der Waals surface area contributed by atoms with E-state index >= 15 is 0 Å². The van der Waals surface area contributed by atoms with Gasteiger partial charge in [-0.2, -0.15) is 5.11 Å². The van der Waals surface area contributed by atoms with Crippen LogP contribution in [0.3, 0.4) is 0 Å². The molecule has 1 saturated heterocycles. The molecule has 1 aliphatic rings. The summed E-state index contributed by atoms with van der Waals surface area (Å²) in [5, 5.41) is 15.8. The summed E-state index contributed by atoms with van der Waals surface area (Å²) in [5.74, 6) is 0.673. The molecule has 0 atom stereocenters. The van der Waals surface area contributed by atoms with Crippen molar-refractivity contribution in [2.75, 3.05) is 56.2 Å². The van der Waals surface area contributed by atoms with E-state index in [4.69, 9.17) is 4.74 Å². The first-order chi connectivity index (χ1) is 15.7.